The average molecular weight is 503 g/mol. The van der Waals surface area contributed by atoms with E-state index in [1.165, 1.54) is 6.33 Å². The summed E-state index contributed by atoms with van der Waals surface area (Å²) in [4.78, 5) is 25.1. The second kappa shape index (κ2) is 10.8. The molecule has 2 aliphatic heterocycles. The minimum atomic E-state index is -3.25. The van der Waals surface area contributed by atoms with Crippen LogP contribution in [-0.2, 0) is 21.0 Å². The van der Waals surface area contributed by atoms with Gasteiger partial charge in [0.2, 0.25) is 5.88 Å². The van der Waals surface area contributed by atoms with Crippen LogP contribution in [0.5, 0.6) is 5.88 Å². The SMILES string of the molecule is CCCS(=O)(=O)c1ccc2c(c1)CCN2c1cc(OC2CCN(C(=O)OCC(C)C)CC2)ncn1. The summed E-state index contributed by atoms with van der Waals surface area (Å²) in [7, 11) is -3.25. The highest BCUT2D eigenvalue weighted by molar-refractivity contribution is 7.91. The highest BCUT2D eigenvalue weighted by Gasteiger charge is 2.27. The molecule has 0 aliphatic carbocycles. The molecule has 1 amide bonds. The molecule has 35 heavy (non-hydrogen) atoms. The van der Waals surface area contributed by atoms with Gasteiger partial charge in [0, 0.05) is 44.2 Å². The molecule has 1 aromatic carbocycles. The Morgan fingerprint density at radius 3 is 2.63 bits per heavy atom. The summed E-state index contributed by atoms with van der Waals surface area (Å²) in [6.45, 7) is 8.20. The van der Waals surface area contributed by atoms with Crippen molar-refractivity contribution in [1.82, 2.24) is 14.9 Å². The average Bonchev–Trinajstić information content (AvgIpc) is 3.26. The maximum Gasteiger partial charge on any atom is 0.409 e. The Balaban J connectivity index is 1.38. The molecule has 0 bridgehead atoms. The van der Waals surface area contributed by atoms with Gasteiger partial charge in [-0.25, -0.2) is 23.2 Å². The van der Waals surface area contributed by atoms with Crippen LogP contribution in [0.25, 0.3) is 0 Å². The molecule has 1 fully saturated rings. The van der Waals surface area contributed by atoms with Crippen LogP contribution >= 0.6 is 0 Å². The summed E-state index contributed by atoms with van der Waals surface area (Å²) < 4.78 is 36.4. The van der Waals surface area contributed by atoms with E-state index in [9.17, 15) is 13.2 Å². The van der Waals surface area contributed by atoms with Gasteiger partial charge in [0.1, 0.15) is 18.2 Å². The van der Waals surface area contributed by atoms with Gasteiger partial charge in [-0.1, -0.05) is 20.8 Å². The maximum absolute atomic E-state index is 12.5. The number of nitrogens with zero attached hydrogens (tertiary/aromatic N) is 4. The minimum absolute atomic E-state index is 0.0379. The molecule has 190 valence electrons. The molecule has 4 rings (SSSR count). The largest absolute Gasteiger partial charge is 0.474 e. The molecule has 2 aromatic rings. The number of hydrogen-bond acceptors (Lipinski definition) is 8. The number of anilines is 2. The van der Waals surface area contributed by atoms with E-state index < -0.39 is 9.84 Å². The number of piperidine rings is 1. The van der Waals surface area contributed by atoms with E-state index in [1.807, 2.05) is 32.9 Å². The number of amides is 1. The molecule has 9 nitrogen and oxygen atoms in total. The van der Waals surface area contributed by atoms with E-state index in [0.717, 1.165) is 17.7 Å². The minimum Gasteiger partial charge on any atom is -0.474 e. The van der Waals surface area contributed by atoms with Crippen LogP contribution in [0, 0.1) is 5.92 Å². The lowest BCUT2D eigenvalue weighted by atomic mass is 10.1. The number of aromatic nitrogens is 2. The van der Waals surface area contributed by atoms with E-state index >= 15 is 0 Å². The second-order valence-electron chi connectivity index (χ2n) is 9.50. The predicted octanol–water partition coefficient (Wildman–Crippen LogP) is 3.99. The van der Waals surface area contributed by atoms with Crippen LogP contribution in [0.2, 0.25) is 0 Å². The van der Waals surface area contributed by atoms with Crippen molar-refractivity contribution in [3.63, 3.8) is 0 Å². The lowest BCUT2D eigenvalue weighted by Crippen LogP contribution is -2.42. The van der Waals surface area contributed by atoms with Crippen LogP contribution in [-0.4, -0.2) is 67.5 Å². The molecule has 10 heteroatoms. The van der Waals surface area contributed by atoms with E-state index in [4.69, 9.17) is 9.47 Å². The van der Waals surface area contributed by atoms with Gasteiger partial charge in [0.25, 0.3) is 0 Å². The third-order valence-corrected chi connectivity index (χ3v) is 8.13. The molecule has 1 saturated heterocycles. The van der Waals surface area contributed by atoms with Crippen LogP contribution in [0.3, 0.4) is 0 Å². The molecule has 0 atom stereocenters. The van der Waals surface area contributed by atoms with Gasteiger partial charge in [-0.05, 0) is 42.5 Å². The van der Waals surface area contributed by atoms with Gasteiger partial charge in [-0.3, -0.25) is 0 Å². The summed E-state index contributed by atoms with van der Waals surface area (Å²) in [6.07, 6.45) is 3.94. The van der Waals surface area contributed by atoms with Crippen LogP contribution in [0.1, 0.15) is 45.6 Å². The number of sulfone groups is 1. The Bertz CT molecular complexity index is 1150. The number of rotatable bonds is 8. The zero-order chi connectivity index (χ0) is 25.0. The van der Waals surface area contributed by atoms with Crippen molar-refractivity contribution < 1.29 is 22.7 Å². The standard InChI is InChI=1S/C25H34N4O5S/c1-4-13-35(31,32)21-5-6-22-19(14-21)7-12-29(22)23-15-24(27-17-26-23)34-20-8-10-28(11-9-20)25(30)33-16-18(2)3/h5-6,14-15,17-18,20H,4,7-13,16H2,1-3H3. The highest BCUT2D eigenvalue weighted by Crippen LogP contribution is 2.36. The number of likely N-dealkylation sites (tertiary alicyclic amines) is 1. The van der Waals surface area contributed by atoms with Crippen molar-refractivity contribution in [1.29, 1.82) is 0 Å². The fourth-order valence-electron chi connectivity index (χ4n) is 4.39. The van der Waals surface area contributed by atoms with Crippen LogP contribution < -0.4 is 9.64 Å². The first-order chi connectivity index (χ1) is 16.8. The maximum atomic E-state index is 12.5. The molecule has 2 aliphatic rings. The number of carbonyl (C=O) groups is 1. The number of ether oxygens (including phenoxy) is 2. The molecule has 0 saturated carbocycles. The Morgan fingerprint density at radius 1 is 1.14 bits per heavy atom. The number of fused-ring (bicyclic) bond motifs is 1. The van der Waals surface area contributed by atoms with Crippen molar-refractivity contribution in [2.75, 3.05) is 36.9 Å². The number of benzene rings is 1. The fraction of sp³-hybridized carbons (Fsp3) is 0.560. The zero-order valence-electron chi connectivity index (χ0n) is 20.6. The number of carbonyl (C=O) groups excluding carboxylic acids is 1. The van der Waals surface area contributed by atoms with E-state index in [2.05, 4.69) is 14.9 Å². The summed E-state index contributed by atoms with van der Waals surface area (Å²) in [5.41, 5.74) is 1.96. The Labute approximate surface area is 207 Å². The first kappa shape index (κ1) is 25.2. The number of hydrogen-bond donors (Lipinski definition) is 0. The monoisotopic (exact) mass is 502 g/mol. The van der Waals surface area contributed by atoms with E-state index in [0.29, 0.717) is 68.0 Å². The normalized spacial score (nSPS) is 16.5. The molecule has 0 radical (unpaired) electrons. The summed E-state index contributed by atoms with van der Waals surface area (Å²) in [6, 6.07) is 7.15. The first-order valence-corrected chi connectivity index (χ1v) is 14.0. The van der Waals surface area contributed by atoms with Crippen molar-refractivity contribution in [2.45, 2.75) is 57.5 Å². The lowest BCUT2D eigenvalue weighted by Gasteiger charge is -2.31. The summed E-state index contributed by atoms with van der Waals surface area (Å²) in [5, 5.41) is 0. The fourth-order valence-corrected chi connectivity index (χ4v) is 5.76. The third-order valence-electron chi connectivity index (χ3n) is 6.21. The van der Waals surface area contributed by atoms with Crippen molar-refractivity contribution in [2.24, 2.45) is 5.92 Å². The van der Waals surface area contributed by atoms with Gasteiger partial charge >= 0.3 is 6.09 Å². The highest BCUT2D eigenvalue weighted by atomic mass is 32.2. The van der Waals surface area contributed by atoms with Crippen molar-refractivity contribution >= 4 is 27.4 Å². The Morgan fingerprint density at radius 2 is 1.91 bits per heavy atom. The first-order valence-electron chi connectivity index (χ1n) is 12.3. The third kappa shape index (κ3) is 6.04. The van der Waals surface area contributed by atoms with Crippen molar-refractivity contribution in [3.05, 3.63) is 36.2 Å². The summed E-state index contributed by atoms with van der Waals surface area (Å²) in [5.74, 6) is 1.67. The van der Waals surface area contributed by atoms with Gasteiger partial charge in [0.05, 0.1) is 17.3 Å². The van der Waals surface area contributed by atoms with E-state index in [1.54, 1.807) is 17.0 Å². The lowest BCUT2D eigenvalue weighted by molar-refractivity contribution is 0.0606. The van der Waals surface area contributed by atoms with Crippen LogP contribution in [0.4, 0.5) is 16.3 Å². The van der Waals surface area contributed by atoms with Gasteiger partial charge in [-0.2, -0.15) is 0 Å². The summed E-state index contributed by atoms with van der Waals surface area (Å²) >= 11 is 0. The quantitative estimate of drug-likeness (QED) is 0.534. The topological polar surface area (TPSA) is 102 Å². The molecular formula is C25H34N4O5S. The molecule has 0 unspecified atom stereocenters. The van der Waals surface area contributed by atoms with Crippen molar-refractivity contribution in [3.8, 4) is 5.88 Å². The van der Waals surface area contributed by atoms with Gasteiger partial charge < -0.3 is 19.3 Å². The molecule has 1 aromatic heterocycles. The zero-order valence-corrected chi connectivity index (χ0v) is 21.5. The van der Waals surface area contributed by atoms with Gasteiger partial charge in [0.15, 0.2) is 9.84 Å². The predicted molar refractivity (Wildman–Crippen MR) is 133 cm³/mol. The van der Waals surface area contributed by atoms with E-state index in [-0.39, 0.29) is 18.0 Å². The Kier molecular flexibility index (Phi) is 7.78. The molecule has 0 spiro atoms. The molecule has 0 N–H and O–H groups in total. The molecule has 3 heterocycles. The molecular weight excluding hydrogens is 468 g/mol. The van der Waals surface area contributed by atoms with Gasteiger partial charge in [-0.15, -0.1) is 0 Å². The van der Waals surface area contributed by atoms with Crippen LogP contribution in [0.15, 0.2) is 35.5 Å². The second-order valence-corrected chi connectivity index (χ2v) is 11.6. The smallest absolute Gasteiger partial charge is 0.409 e. The Hall–Kier alpha value is -2.88.